The second-order valence-corrected chi connectivity index (χ2v) is 5.09. The van der Waals surface area contributed by atoms with Crippen molar-refractivity contribution < 1.29 is 8.91 Å². The van der Waals surface area contributed by atoms with Gasteiger partial charge in [0.2, 0.25) is 0 Å². The van der Waals surface area contributed by atoms with Gasteiger partial charge in [0.15, 0.2) is 5.82 Å². The maximum atomic E-state index is 14.1. The third-order valence-electron chi connectivity index (χ3n) is 3.24. The lowest BCUT2D eigenvalue weighted by Crippen LogP contribution is -1.99. The normalized spacial score (nSPS) is 12.6. The van der Waals surface area contributed by atoms with Crippen molar-refractivity contribution in [3.8, 4) is 11.1 Å². The number of anilines is 1. The van der Waals surface area contributed by atoms with Gasteiger partial charge in [0.05, 0.1) is 10.6 Å². The second kappa shape index (κ2) is 5.61. The van der Waals surface area contributed by atoms with Gasteiger partial charge in [-0.1, -0.05) is 49.2 Å². The minimum absolute atomic E-state index is 0.0626. The highest BCUT2D eigenvalue weighted by Crippen LogP contribution is 2.35. The first kappa shape index (κ1) is 13.9. The molecule has 19 heavy (non-hydrogen) atoms. The Bertz CT molecular complexity index is 583. The number of halogens is 2. The zero-order valence-corrected chi connectivity index (χ0v) is 11.7. The molecule has 1 atom stereocenters. The summed E-state index contributed by atoms with van der Waals surface area (Å²) in [6.07, 6.45) is 1.67. The summed E-state index contributed by atoms with van der Waals surface area (Å²) in [5.41, 5.74) is 6.65. The fourth-order valence-corrected chi connectivity index (χ4v) is 2.10. The van der Waals surface area contributed by atoms with Crippen LogP contribution in [0, 0.1) is 11.7 Å². The highest BCUT2D eigenvalue weighted by atomic mass is 35.5. The monoisotopic (exact) mass is 282 g/mol. The first-order valence-electron chi connectivity index (χ1n) is 6.23. The second-order valence-electron chi connectivity index (χ2n) is 4.68. The zero-order chi connectivity index (χ0) is 14.0. The lowest BCUT2D eigenvalue weighted by molar-refractivity contribution is 0.364. The molecule has 2 N–H and O–H groups in total. The Kier molecular flexibility index (Phi) is 4.10. The fourth-order valence-electron chi connectivity index (χ4n) is 1.92. The first-order valence-corrected chi connectivity index (χ1v) is 6.60. The molecule has 102 valence electrons. The third kappa shape index (κ3) is 2.73. The molecular weight excluding hydrogens is 267 g/mol. The number of nitrogen functional groups attached to an aromatic ring is 1. The van der Waals surface area contributed by atoms with Crippen molar-refractivity contribution in [2.45, 2.75) is 26.7 Å². The molecule has 0 saturated heterocycles. The van der Waals surface area contributed by atoms with E-state index in [9.17, 15) is 4.39 Å². The van der Waals surface area contributed by atoms with E-state index in [2.05, 4.69) is 19.0 Å². The van der Waals surface area contributed by atoms with Crippen LogP contribution in [0.2, 0.25) is 5.02 Å². The summed E-state index contributed by atoms with van der Waals surface area (Å²) >= 11 is 5.80. The van der Waals surface area contributed by atoms with Crippen molar-refractivity contribution in [1.29, 1.82) is 0 Å². The molecule has 0 saturated carbocycles. The molecule has 0 bridgehead atoms. The van der Waals surface area contributed by atoms with E-state index >= 15 is 0 Å². The molecule has 0 radical (unpaired) electrons. The minimum Gasteiger partial charge on any atom is -0.380 e. The number of benzene rings is 1. The Labute approximate surface area is 116 Å². The van der Waals surface area contributed by atoms with Crippen LogP contribution >= 0.6 is 11.6 Å². The quantitative estimate of drug-likeness (QED) is 0.909. The van der Waals surface area contributed by atoms with Crippen LogP contribution in [0.3, 0.4) is 0 Å². The van der Waals surface area contributed by atoms with Gasteiger partial charge in [-0.2, -0.15) is 0 Å². The molecule has 0 spiro atoms. The van der Waals surface area contributed by atoms with Gasteiger partial charge in [-0.3, -0.25) is 0 Å². The van der Waals surface area contributed by atoms with Gasteiger partial charge in [0, 0.05) is 12.0 Å². The van der Waals surface area contributed by atoms with Gasteiger partial charge < -0.3 is 10.3 Å². The summed E-state index contributed by atoms with van der Waals surface area (Å²) in [5.74, 6) is 0.713. The molecule has 0 aliphatic rings. The van der Waals surface area contributed by atoms with Crippen molar-refractivity contribution in [2.75, 3.05) is 5.73 Å². The van der Waals surface area contributed by atoms with Crippen molar-refractivity contribution in [1.82, 2.24) is 5.16 Å². The highest BCUT2D eigenvalue weighted by molar-refractivity contribution is 6.31. The Morgan fingerprint density at radius 3 is 2.89 bits per heavy atom. The predicted molar refractivity (Wildman–Crippen MR) is 74.5 cm³/mol. The number of rotatable bonds is 4. The van der Waals surface area contributed by atoms with Crippen LogP contribution in [-0.4, -0.2) is 5.16 Å². The van der Waals surface area contributed by atoms with Crippen molar-refractivity contribution in [3.05, 3.63) is 34.8 Å². The SMILES string of the molecule is CCC(C)Cc1onc(N)c1-c1cccc(Cl)c1F. The Morgan fingerprint density at radius 1 is 1.47 bits per heavy atom. The van der Waals surface area contributed by atoms with E-state index < -0.39 is 5.82 Å². The van der Waals surface area contributed by atoms with Crippen LogP contribution < -0.4 is 5.73 Å². The molecule has 1 heterocycles. The molecule has 1 aromatic carbocycles. The predicted octanol–water partition coefficient (Wildman–Crippen LogP) is 4.30. The maximum Gasteiger partial charge on any atom is 0.175 e. The standard InChI is InChI=1S/C14H16ClFN2O/c1-3-8(2)7-11-12(14(17)18-19-11)9-5-4-6-10(15)13(9)16/h4-6,8H,3,7H2,1-2H3,(H2,17,18). The summed E-state index contributed by atoms with van der Waals surface area (Å²) < 4.78 is 19.3. The molecule has 0 fully saturated rings. The fraction of sp³-hybridized carbons (Fsp3) is 0.357. The van der Waals surface area contributed by atoms with E-state index in [1.165, 1.54) is 6.07 Å². The van der Waals surface area contributed by atoms with Crippen LogP contribution in [-0.2, 0) is 6.42 Å². The van der Waals surface area contributed by atoms with Crippen molar-refractivity contribution in [3.63, 3.8) is 0 Å². The van der Waals surface area contributed by atoms with Gasteiger partial charge >= 0.3 is 0 Å². The first-order chi connectivity index (χ1) is 9.04. The van der Waals surface area contributed by atoms with Crippen molar-refractivity contribution >= 4 is 17.4 Å². The molecule has 0 aliphatic carbocycles. The molecule has 1 aromatic heterocycles. The van der Waals surface area contributed by atoms with E-state index in [4.69, 9.17) is 21.9 Å². The summed E-state index contributed by atoms with van der Waals surface area (Å²) in [7, 11) is 0. The van der Waals surface area contributed by atoms with Gasteiger partial charge in [-0.15, -0.1) is 0 Å². The van der Waals surface area contributed by atoms with E-state index in [1.54, 1.807) is 12.1 Å². The van der Waals surface area contributed by atoms with E-state index in [0.717, 1.165) is 6.42 Å². The van der Waals surface area contributed by atoms with Crippen LogP contribution in [0.4, 0.5) is 10.2 Å². The largest absolute Gasteiger partial charge is 0.380 e. The lowest BCUT2D eigenvalue weighted by Gasteiger charge is -2.08. The topological polar surface area (TPSA) is 52.0 Å². The average molecular weight is 283 g/mol. The van der Waals surface area contributed by atoms with Gasteiger partial charge in [0.25, 0.3) is 0 Å². The zero-order valence-electron chi connectivity index (χ0n) is 10.9. The number of aromatic nitrogens is 1. The molecular formula is C14H16ClFN2O. The molecule has 2 rings (SSSR count). The van der Waals surface area contributed by atoms with Gasteiger partial charge in [0.1, 0.15) is 11.6 Å². The molecule has 1 unspecified atom stereocenters. The molecule has 2 aromatic rings. The van der Waals surface area contributed by atoms with Gasteiger partial charge in [-0.05, 0) is 12.0 Å². The maximum absolute atomic E-state index is 14.1. The minimum atomic E-state index is -0.496. The molecule has 0 aliphatic heterocycles. The Hall–Kier alpha value is -1.55. The lowest BCUT2D eigenvalue weighted by atomic mass is 9.97. The molecule has 3 nitrogen and oxygen atoms in total. The van der Waals surface area contributed by atoms with Gasteiger partial charge in [-0.25, -0.2) is 4.39 Å². The van der Waals surface area contributed by atoms with Crippen molar-refractivity contribution in [2.24, 2.45) is 5.92 Å². The van der Waals surface area contributed by atoms with Crippen LogP contribution in [0.1, 0.15) is 26.0 Å². The number of hydrogen-bond donors (Lipinski definition) is 1. The van der Waals surface area contributed by atoms with E-state index in [1.807, 2.05) is 0 Å². The summed E-state index contributed by atoms with van der Waals surface area (Å²) in [6.45, 7) is 4.18. The number of hydrogen-bond acceptors (Lipinski definition) is 3. The van der Waals surface area contributed by atoms with Crippen LogP contribution in [0.5, 0.6) is 0 Å². The van der Waals surface area contributed by atoms with Crippen LogP contribution in [0.25, 0.3) is 11.1 Å². The Balaban J connectivity index is 2.49. The van der Waals surface area contributed by atoms with Crippen LogP contribution in [0.15, 0.2) is 22.7 Å². The number of nitrogens with zero attached hydrogens (tertiary/aromatic N) is 1. The summed E-state index contributed by atoms with van der Waals surface area (Å²) in [4.78, 5) is 0. The summed E-state index contributed by atoms with van der Waals surface area (Å²) in [5, 5.41) is 3.81. The highest BCUT2D eigenvalue weighted by Gasteiger charge is 2.21. The third-order valence-corrected chi connectivity index (χ3v) is 3.53. The smallest absolute Gasteiger partial charge is 0.175 e. The molecule has 0 amide bonds. The Morgan fingerprint density at radius 2 is 2.21 bits per heavy atom. The van der Waals surface area contributed by atoms with E-state index in [-0.39, 0.29) is 10.8 Å². The number of nitrogens with two attached hydrogens (primary N) is 1. The summed E-state index contributed by atoms with van der Waals surface area (Å²) in [6, 6.07) is 4.81. The molecule has 5 heteroatoms. The van der Waals surface area contributed by atoms with E-state index in [0.29, 0.717) is 29.2 Å². The average Bonchev–Trinajstić information content (AvgIpc) is 2.74.